The summed E-state index contributed by atoms with van der Waals surface area (Å²) in [4.78, 5) is 11.0. The van der Waals surface area contributed by atoms with E-state index in [-0.39, 0.29) is 0 Å². The molecule has 0 aliphatic rings. The predicted octanol–water partition coefficient (Wildman–Crippen LogP) is 1.95. The molecule has 1 rings (SSSR count). The van der Waals surface area contributed by atoms with E-state index in [1.54, 1.807) is 0 Å². The molecule has 0 saturated heterocycles. The maximum absolute atomic E-state index is 4.53. The van der Waals surface area contributed by atoms with E-state index in [1.807, 2.05) is 19.0 Å². The van der Waals surface area contributed by atoms with Gasteiger partial charge in [0.1, 0.15) is 0 Å². The van der Waals surface area contributed by atoms with Crippen molar-refractivity contribution in [3.63, 3.8) is 0 Å². The van der Waals surface area contributed by atoms with Crippen LogP contribution >= 0.6 is 0 Å². The van der Waals surface area contributed by atoms with Crippen LogP contribution in [-0.4, -0.2) is 37.2 Å². The van der Waals surface area contributed by atoms with Gasteiger partial charge in [-0.2, -0.15) is 0 Å². The molecule has 0 fully saturated rings. The molecule has 0 amide bonds. The molecule has 0 unspecified atom stereocenters. The maximum Gasteiger partial charge on any atom is 0.225 e. The van der Waals surface area contributed by atoms with E-state index in [0.717, 1.165) is 36.8 Å². The summed E-state index contributed by atoms with van der Waals surface area (Å²) in [5, 5.41) is 3.46. The van der Waals surface area contributed by atoms with Crippen LogP contribution in [0.15, 0.2) is 0 Å². The fourth-order valence-electron chi connectivity index (χ4n) is 1.89. The molecule has 4 heteroatoms. The van der Waals surface area contributed by atoms with Crippen molar-refractivity contribution >= 4 is 5.95 Å². The second kappa shape index (κ2) is 6.69. The van der Waals surface area contributed by atoms with Crippen molar-refractivity contribution in [1.82, 2.24) is 15.3 Å². The minimum Gasteiger partial charge on any atom is -0.347 e. The van der Waals surface area contributed by atoms with Gasteiger partial charge in [0, 0.05) is 25.5 Å². The molecule has 0 atom stereocenters. The molecule has 0 aromatic carbocycles. The number of nitrogens with one attached hydrogen (secondary N) is 1. The van der Waals surface area contributed by atoms with E-state index >= 15 is 0 Å². The lowest BCUT2D eigenvalue weighted by Gasteiger charge is -2.15. The fourth-order valence-corrected chi connectivity index (χ4v) is 1.89. The second-order valence-electron chi connectivity index (χ2n) is 5.42. The summed E-state index contributed by atoms with van der Waals surface area (Å²) in [7, 11) is 3.94. The summed E-state index contributed by atoms with van der Waals surface area (Å²) < 4.78 is 0. The third-order valence-corrected chi connectivity index (χ3v) is 2.91. The monoisotopic (exact) mass is 250 g/mol. The first kappa shape index (κ1) is 14.9. The van der Waals surface area contributed by atoms with Gasteiger partial charge in [-0.25, -0.2) is 9.97 Å². The van der Waals surface area contributed by atoms with Crippen molar-refractivity contribution in [3.8, 4) is 0 Å². The number of rotatable bonds is 6. The Kier molecular flexibility index (Phi) is 5.54. The molecule has 0 aliphatic carbocycles. The van der Waals surface area contributed by atoms with Gasteiger partial charge in [-0.15, -0.1) is 0 Å². The highest BCUT2D eigenvalue weighted by Gasteiger charge is 2.09. The van der Waals surface area contributed by atoms with Crippen LogP contribution in [0, 0.1) is 19.8 Å². The SMILES string of the molecule is Cc1nc(N(C)C)nc(C)c1CCNCC(C)C. The lowest BCUT2D eigenvalue weighted by atomic mass is 10.1. The van der Waals surface area contributed by atoms with Crippen LogP contribution in [0.1, 0.15) is 30.8 Å². The Labute approximate surface area is 111 Å². The lowest BCUT2D eigenvalue weighted by Crippen LogP contribution is -2.23. The summed E-state index contributed by atoms with van der Waals surface area (Å²) in [6.07, 6.45) is 0.998. The number of aryl methyl sites for hydroxylation is 2. The average molecular weight is 250 g/mol. The average Bonchev–Trinajstić information content (AvgIpc) is 2.26. The lowest BCUT2D eigenvalue weighted by molar-refractivity contribution is 0.553. The van der Waals surface area contributed by atoms with Crippen molar-refractivity contribution in [2.75, 3.05) is 32.1 Å². The summed E-state index contributed by atoms with van der Waals surface area (Å²) >= 11 is 0. The van der Waals surface area contributed by atoms with Crippen molar-refractivity contribution < 1.29 is 0 Å². The van der Waals surface area contributed by atoms with Crippen LogP contribution in [0.25, 0.3) is 0 Å². The summed E-state index contributed by atoms with van der Waals surface area (Å²) in [5.41, 5.74) is 3.46. The fraction of sp³-hybridized carbons (Fsp3) is 0.714. The molecule has 0 bridgehead atoms. The number of nitrogens with zero attached hydrogens (tertiary/aromatic N) is 3. The Bertz CT molecular complexity index is 362. The van der Waals surface area contributed by atoms with E-state index in [1.165, 1.54) is 5.56 Å². The third-order valence-electron chi connectivity index (χ3n) is 2.91. The van der Waals surface area contributed by atoms with Crippen LogP contribution in [-0.2, 0) is 6.42 Å². The van der Waals surface area contributed by atoms with Crippen LogP contribution in [0.2, 0.25) is 0 Å². The zero-order valence-electron chi connectivity index (χ0n) is 12.5. The van der Waals surface area contributed by atoms with Gasteiger partial charge < -0.3 is 10.2 Å². The smallest absolute Gasteiger partial charge is 0.225 e. The molecule has 1 N–H and O–H groups in total. The molecule has 1 aromatic heterocycles. The summed E-state index contributed by atoms with van der Waals surface area (Å²) in [5.74, 6) is 1.49. The Morgan fingerprint density at radius 3 is 2.11 bits per heavy atom. The summed E-state index contributed by atoms with van der Waals surface area (Å²) in [6, 6.07) is 0. The zero-order chi connectivity index (χ0) is 13.7. The summed E-state index contributed by atoms with van der Waals surface area (Å²) in [6.45, 7) is 10.6. The Morgan fingerprint density at radius 1 is 1.11 bits per heavy atom. The largest absolute Gasteiger partial charge is 0.347 e. The van der Waals surface area contributed by atoms with Crippen LogP contribution in [0.3, 0.4) is 0 Å². The van der Waals surface area contributed by atoms with Crippen molar-refractivity contribution in [2.24, 2.45) is 5.92 Å². The van der Waals surface area contributed by atoms with Gasteiger partial charge in [0.15, 0.2) is 0 Å². The van der Waals surface area contributed by atoms with Gasteiger partial charge in [0.2, 0.25) is 5.95 Å². The quantitative estimate of drug-likeness (QED) is 0.784. The van der Waals surface area contributed by atoms with E-state index in [2.05, 4.69) is 43.0 Å². The molecule has 102 valence electrons. The first-order valence-corrected chi connectivity index (χ1v) is 6.64. The molecule has 1 heterocycles. The Hall–Kier alpha value is -1.16. The molecule has 0 saturated carbocycles. The minimum atomic E-state index is 0.694. The van der Waals surface area contributed by atoms with Gasteiger partial charge in [0.05, 0.1) is 0 Å². The molecular weight excluding hydrogens is 224 g/mol. The molecule has 1 aromatic rings. The first-order chi connectivity index (χ1) is 8.41. The maximum atomic E-state index is 4.53. The van der Waals surface area contributed by atoms with Crippen LogP contribution < -0.4 is 10.2 Å². The van der Waals surface area contributed by atoms with Crippen LogP contribution in [0.4, 0.5) is 5.95 Å². The third kappa shape index (κ3) is 4.26. The van der Waals surface area contributed by atoms with Gasteiger partial charge in [0.25, 0.3) is 0 Å². The van der Waals surface area contributed by atoms with E-state index in [4.69, 9.17) is 0 Å². The van der Waals surface area contributed by atoms with Crippen molar-refractivity contribution in [2.45, 2.75) is 34.1 Å². The van der Waals surface area contributed by atoms with Crippen molar-refractivity contribution in [1.29, 1.82) is 0 Å². The topological polar surface area (TPSA) is 41.1 Å². The molecule has 18 heavy (non-hydrogen) atoms. The first-order valence-electron chi connectivity index (χ1n) is 6.64. The zero-order valence-corrected chi connectivity index (χ0v) is 12.5. The molecular formula is C14H26N4. The number of hydrogen-bond donors (Lipinski definition) is 1. The minimum absolute atomic E-state index is 0.694. The van der Waals surface area contributed by atoms with Gasteiger partial charge >= 0.3 is 0 Å². The Balaban J connectivity index is 2.66. The second-order valence-corrected chi connectivity index (χ2v) is 5.42. The van der Waals surface area contributed by atoms with Gasteiger partial charge in [-0.05, 0) is 44.8 Å². The molecule has 0 spiro atoms. The molecule has 0 aliphatic heterocycles. The number of anilines is 1. The highest BCUT2D eigenvalue weighted by molar-refractivity contribution is 5.35. The standard InChI is InChI=1S/C14H26N4/c1-10(2)9-15-8-7-13-11(3)16-14(18(5)6)17-12(13)4/h10,15H,7-9H2,1-6H3. The highest BCUT2D eigenvalue weighted by atomic mass is 15.2. The number of aromatic nitrogens is 2. The predicted molar refractivity (Wildman–Crippen MR) is 77.2 cm³/mol. The molecule has 4 nitrogen and oxygen atoms in total. The highest BCUT2D eigenvalue weighted by Crippen LogP contribution is 2.14. The Morgan fingerprint density at radius 2 is 1.67 bits per heavy atom. The van der Waals surface area contributed by atoms with Gasteiger partial charge in [-0.3, -0.25) is 0 Å². The van der Waals surface area contributed by atoms with Crippen molar-refractivity contribution in [3.05, 3.63) is 17.0 Å². The molecule has 0 radical (unpaired) electrons. The normalized spacial score (nSPS) is 11.1. The van der Waals surface area contributed by atoms with E-state index in [9.17, 15) is 0 Å². The van der Waals surface area contributed by atoms with Crippen LogP contribution in [0.5, 0.6) is 0 Å². The van der Waals surface area contributed by atoms with E-state index in [0.29, 0.717) is 5.92 Å². The number of hydrogen-bond acceptors (Lipinski definition) is 4. The van der Waals surface area contributed by atoms with Gasteiger partial charge in [-0.1, -0.05) is 13.8 Å². The van der Waals surface area contributed by atoms with E-state index < -0.39 is 0 Å².